The van der Waals surface area contributed by atoms with Crippen LogP contribution in [0.4, 0.5) is 0 Å². The second kappa shape index (κ2) is 16.4. The molecule has 1 aliphatic carbocycles. The molecule has 0 spiro atoms. The first kappa shape index (κ1) is 33.3. The van der Waals surface area contributed by atoms with Gasteiger partial charge in [0.2, 0.25) is 23.6 Å². The van der Waals surface area contributed by atoms with E-state index in [0.29, 0.717) is 43.9 Å². The first-order valence-corrected chi connectivity index (χ1v) is 14.8. The van der Waals surface area contributed by atoms with E-state index in [1.165, 1.54) is 0 Å². The fourth-order valence-corrected chi connectivity index (χ4v) is 5.52. The largest absolute Gasteiger partial charge is 0.384 e. The second-order valence-electron chi connectivity index (χ2n) is 11.1. The normalized spacial score (nSPS) is 17.6. The highest BCUT2D eigenvalue weighted by Crippen LogP contribution is 2.27. The van der Waals surface area contributed by atoms with Gasteiger partial charge in [0.15, 0.2) is 5.96 Å². The van der Waals surface area contributed by atoms with Crippen LogP contribution in [0, 0.1) is 17.2 Å². The van der Waals surface area contributed by atoms with Crippen LogP contribution in [0.15, 0.2) is 29.3 Å². The lowest BCUT2D eigenvalue weighted by Crippen LogP contribution is -2.58. The molecule has 0 bridgehead atoms. The van der Waals surface area contributed by atoms with Gasteiger partial charge in [0, 0.05) is 25.2 Å². The minimum atomic E-state index is -1.10. The number of nitrogens with zero attached hydrogens (tertiary/aromatic N) is 2. The van der Waals surface area contributed by atoms with Crippen molar-refractivity contribution in [3.63, 3.8) is 0 Å². The summed E-state index contributed by atoms with van der Waals surface area (Å²) in [5, 5.41) is 13.2. The van der Waals surface area contributed by atoms with Gasteiger partial charge in [0.1, 0.15) is 23.8 Å². The van der Waals surface area contributed by atoms with Crippen molar-refractivity contribution in [2.75, 3.05) is 32.8 Å². The van der Waals surface area contributed by atoms with Crippen LogP contribution in [0.1, 0.15) is 56.1 Å². The summed E-state index contributed by atoms with van der Waals surface area (Å²) in [5.41, 5.74) is 23.1. The van der Waals surface area contributed by atoms with Crippen molar-refractivity contribution in [2.45, 2.75) is 63.5 Å². The number of primary amides is 1. The molecule has 0 radical (unpaired) electrons. The van der Waals surface area contributed by atoms with E-state index in [4.69, 9.17) is 33.1 Å². The number of hydrogen-bond donors (Lipinski definition) is 7. The third-order valence-corrected chi connectivity index (χ3v) is 7.95. The molecule has 1 heterocycles. The Morgan fingerprint density at radius 3 is 2.19 bits per heavy atom. The fourth-order valence-electron chi connectivity index (χ4n) is 5.52. The maximum absolute atomic E-state index is 13.9. The zero-order valence-electron chi connectivity index (χ0n) is 24.6. The molecule has 11 N–H and O–H groups in total. The van der Waals surface area contributed by atoms with E-state index in [2.05, 4.69) is 15.6 Å². The number of carbonyl (C=O) groups is 4. The first-order valence-electron chi connectivity index (χ1n) is 14.8. The van der Waals surface area contributed by atoms with Gasteiger partial charge in [-0.15, -0.1) is 0 Å². The highest BCUT2D eigenvalue weighted by molar-refractivity contribution is 6.02. The minimum absolute atomic E-state index is 0.0734. The number of aliphatic imine (C=N–C) groups is 1. The highest BCUT2D eigenvalue weighted by Gasteiger charge is 2.38. The van der Waals surface area contributed by atoms with Crippen molar-refractivity contribution in [3.8, 4) is 0 Å². The molecule has 43 heavy (non-hydrogen) atoms. The smallest absolute Gasteiger partial charge is 0.243 e. The maximum atomic E-state index is 13.9. The maximum Gasteiger partial charge on any atom is 0.243 e. The van der Waals surface area contributed by atoms with Gasteiger partial charge in [0.25, 0.3) is 0 Å². The van der Waals surface area contributed by atoms with E-state index < -0.39 is 35.7 Å². The summed E-state index contributed by atoms with van der Waals surface area (Å²) in [4.78, 5) is 58.9. The number of nitrogens with one attached hydrogen (secondary N) is 3. The molecule has 1 aromatic carbocycles. The van der Waals surface area contributed by atoms with Gasteiger partial charge in [-0.2, -0.15) is 0 Å². The average Bonchev–Trinajstić information content (AvgIpc) is 3.00. The van der Waals surface area contributed by atoms with Gasteiger partial charge in [-0.3, -0.25) is 29.6 Å². The van der Waals surface area contributed by atoms with Gasteiger partial charge in [-0.05, 0) is 43.6 Å². The van der Waals surface area contributed by atoms with E-state index in [1.54, 1.807) is 29.2 Å². The molecule has 1 saturated heterocycles. The average molecular weight is 600 g/mol. The topological polar surface area (TPSA) is 245 Å². The van der Waals surface area contributed by atoms with Crippen LogP contribution in [0.5, 0.6) is 0 Å². The lowest BCUT2D eigenvalue weighted by atomic mass is 9.83. The van der Waals surface area contributed by atoms with E-state index in [1.807, 2.05) is 0 Å². The fraction of sp³-hybridized carbons (Fsp3) is 0.586. The Morgan fingerprint density at radius 2 is 1.60 bits per heavy atom. The van der Waals surface area contributed by atoms with E-state index in [0.717, 1.165) is 32.1 Å². The number of nitrogen functional groups attached to an aromatic ring is 1. The van der Waals surface area contributed by atoms with Gasteiger partial charge in [-0.25, -0.2) is 0 Å². The molecular formula is C29H45N9O5. The summed E-state index contributed by atoms with van der Waals surface area (Å²) in [5.74, 6) is -3.58. The van der Waals surface area contributed by atoms with Crippen molar-refractivity contribution >= 4 is 35.4 Å². The van der Waals surface area contributed by atoms with E-state index in [-0.39, 0.29) is 43.0 Å². The number of ether oxygens (including phenoxy) is 1. The number of morpholine rings is 1. The standard InChI is InChI=1S/C29H45N9O5/c30-24(31)20-10-8-18(9-11-20)17-21(28(42)38-13-15-43-16-14-38)26(40)37-23(19-5-2-1-3-6-19)27(41)36-22(25(32)39)7-4-12-35-29(33)34/h8-11,19,21-23H,1-7,12-17H2,(H3,30,31)(H2,32,39)(H,36,41)(H,37,40)(H4,33,34,35)/t21?,22-,23-/m0/s1. The Bertz CT molecular complexity index is 1160. The highest BCUT2D eigenvalue weighted by atomic mass is 16.5. The van der Waals surface area contributed by atoms with Gasteiger partial charge < -0.3 is 43.2 Å². The van der Waals surface area contributed by atoms with Crippen LogP contribution in [-0.4, -0.2) is 85.3 Å². The quantitative estimate of drug-likeness (QED) is 0.0608. The predicted octanol–water partition coefficient (Wildman–Crippen LogP) is -0.923. The summed E-state index contributed by atoms with van der Waals surface area (Å²) >= 11 is 0. The molecule has 0 aromatic heterocycles. The molecule has 2 fully saturated rings. The molecule has 236 valence electrons. The molecule has 14 heteroatoms. The van der Waals surface area contributed by atoms with E-state index >= 15 is 0 Å². The Kier molecular flexibility index (Phi) is 12.7. The number of benzene rings is 1. The van der Waals surface area contributed by atoms with Crippen molar-refractivity contribution in [3.05, 3.63) is 35.4 Å². The monoisotopic (exact) mass is 599 g/mol. The number of guanidine groups is 1. The third-order valence-electron chi connectivity index (χ3n) is 7.95. The Hall–Kier alpha value is -4.20. The van der Waals surface area contributed by atoms with Crippen LogP contribution >= 0.6 is 0 Å². The van der Waals surface area contributed by atoms with Crippen molar-refractivity contribution in [1.82, 2.24) is 15.5 Å². The van der Waals surface area contributed by atoms with Gasteiger partial charge in [0.05, 0.1) is 13.2 Å². The number of rotatable bonds is 14. The molecule has 4 amide bonds. The van der Waals surface area contributed by atoms with Crippen LogP contribution in [0.25, 0.3) is 0 Å². The summed E-state index contributed by atoms with van der Waals surface area (Å²) in [6.45, 7) is 1.73. The Morgan fingerprint density at radius 1 is 0.953 bits per heavy atom. The molecule has 14 nitrogen and oxygen atoms in total. The summed E-state index contributed by atoms with van der Waals surface area (Å²) < 4.78 is 5.39. The van der Waals surface area contributed by atoms with Gasteiger partial charge >= 0.3 is 0 Å². The number of nitrogens with two attached hydrogens (primary N) is 4. The molecule has 2 aliphatic rings. The molecule has 1 aromatic rings. The number of hydrogen-bond acceptors (Lipinski definition) is 7. The van der Waals surface area contributed by atoms with Crippen molar-refractivity contribution in [1.29, 1.82) is 5.41 Å². The summed E-state index contributed by atoms with van der Waals surface area (Å²) in [6.07, 6.45) is 5.00. The second-order valence-corrected chi connectivity index (χ2v) is 11.1. The number of amidine groups is 1. The Balaban J connectivity index is 1.82. The zero-order chi connectivity index (χ0) is 31.4. The summed E-state index contributed by atoms with van der Waals surface area (Å²) in [7, 11) is 0. The van der Waals surface area contributed by atoms with Crippen molar-refractivity contribution in [2.24, 2.45) is 39.8 Å². The minimum Gasteiger partial charge on any atom is -0.384 e. The van der Waals surface area contributed by atoms with Crippen molar-refractivity contribution < 1.29 is 23.9 Å². The number of amides is 4. The van der Waals surface area contributed by atoms with E-state index in [9.17, 15) is 19.2 Å². The lowest BCUT2D eigenvalue weighted by molar-refractivity contribution is -0.146. The number of carbonyl (C=O) groups excluding carboxylic acids is 4. The first-order chi connectivity index (χ1) is 20.6. The molecule has 1 saturated carbocycles. The third kappa shape index (κ3) is 10.2. The lowest BCUT2D eigenvalue weighted by Gasteiger charge is -2.33. The molecule has 1 aliphatic heterocycles. The van der Waals surface area contributed by atoms with Crippen LogP contribution in [-0.2, 0) is 30.3 Å². The predicted molar refractivity (Wildman–Crippen MR) is 162 cm³/mol. The molecule has 3 atom stereocenters. The van der Waals surface area contributed by atoms with Crippen LogP contribution in [0.2, 0.25) is 0 Å². The van der Waals surface area contributed by atoms with Gasteiger partial charge in [-0.1, -0.05) is 43.5 Å². The molecule has 1 unspecified atom stereocenters. The SMILES string of the molecule is N=C(N)c1ccc(CC(C(=O)N[C@H](C(=O)N[C@@H](CCCN=C(N)N)C(N)=O)C2CCCCC2)C(=O)N2CCOCC2)cc1. The van der Waals surface area contributed by atoms with Crippen LogP contribution < -0.4 is 33.6 Å². The van der Waals surface area contributed by atoms with Crippen LogP contribution in [0.3, 0.4) is 0 Å². The zero-order valence-corrected chi connectivity index (χ0v) is 24.6. The summed E-state index contributed by atoms with van der Waals surface area (Å²) in [6, 6.07) is 4.87. The molecule has 3 rings (SSSR count). The molecular weight excluding hydrogens is 554 g/mol. The Labute approximate surface area is 251 Å².